The van der Waals surface area contributed by atoms with E-state index in [0.29, 0.717) is 0 Å². The Kier molecular flexibility index (Phi) is 9.56. The zero-order chi connectivity index (χ0) is 15.3. The van der Waals surface area contributed by atoms with Gasteiger partial charge in [0.1, 0.15) is 12.8 Å². The standard InChI is InChI=1S/C20H37N2/c1-2-4-6-10-15-20(14-9-5-3-1)22-18-12-8-7-11-16-21-17-13-19-22/h14,19,21H,1-13,15-18H2/q+1/b20-14+,22-19-. The molecule has 0 saturated heterocycles. The Bertz CT molecular complexity index is 310. The van der Waals surface area contributed by atoms with Gasteiger partial charge in [0.15, 0.2) is 5.70 Å². The van der Waals surface area contributed by atoms with Crippen molar-refractivity contribution in [2.24, 2.45) is 0 Å². The third kappa shape index (κ3) is 7.58. The van der Waals surface area contributed by atoms with E-state index in [4.69, 9.17) is 0 Å². The molecule has 0 unspecified atom stereocenters. The van der Waals surface area contributed by atoms with Gasteiger partial charge >= 0.3 is 0 Å². The number of hydrogen-bond acceptors (Lipinski definition) is 1. The number of allylic oxidation sites excluding steroid dienone is 2. The van der Waals surface area contributed by atoms with Crippen molar-refractivity contribution in [3.05, 3.63) is 11.8 Å². The molecule has 0 radical (unpaired) electrons. The van der Waals surface area contributed by atoms with Crippen LogP contribution in [0.5, 0.6) is 0 Å². The lowest BCUT2D eigenvalue weighted by Gasteiger charge is -2.08. The van der Waals surface area contributed by atoms with Crippen molar-refractivity contribution in [3.63, 3.8) is 0 Å². The highest BCUT2D eigenvalue weighted by molar-refractivity contribution is 5.52. The molecular formula is C20H37N2+. The van der Waals surface area contributed by atoms with Crippen LogP contribution in [0.2, 0.25) is 0 Å². The Hall–Kier alpha value is -0.630. The van der Waals surface area contributed by atoms with Gasteiger partial charge < -0.3 is 5.32 Å². The molecule has 0 aromatic carbocycles. The van der Waals surface area contributed by atoms with E-state index in [1.807, 2.05) is 0 Å². The van der Waals surface area contributed by atoms with E-state index in [9.17, 15) is 0 Å². The molecule has 2 heteroatoms. The highest BCUT2D eigenvalue weighted by Gasteiger charge is 2.13. The van der Waals surface area contributed by atoms with Crippen molar-refractivity contribution in [3.8, 4) is 0 Å². The maximum Gasteiger partial charge on any atom is 0.176 e. The molecule has 1 aliphatic carbocycles. The molecule has 22 heavy (non-hydrogen) atoms. The number of nitrogens with one attached hydrogen (secondary N) is 1. The molecule has 0 amide bonds. The van der Waals surface area contributed by atoms with Gasteiger partial charge in [-0.1, -0.05) is 38.5 Å². The first-order chi connectivity index (χ1) is 11.0. The quantitative estimate of drug-likeness (QED) is 0.671. The van der Waals surface area contributed by atoms with Crippen LogP contribution >= 0.6 is 0 Å². The molecule has 0 saturated carbocycles. The number of hydrogen-bond donors (Lipinski definition) is 1. The lowest BCUT2D eigenvalue weighted by atomic mass is 10.1. The molecule has 2 rings (SSSR count). The van der Waals surface area contributed by atoms with Crippen molar-refractivity contribution >= 4 is 6.21 Å². The Morgan fingerprint density at radius 1 is 0.682 bits per heavy atom. The fourth-order valence-electron chi connectivity index (χ4n) is 3.65. The van der Waals surface area contributed by atoms with Crippen LogP contribution in [0, 0.1) is 0 Å². The first-order valence-corrected chi connectivity index (χ1v) is 9.96. The van der Waals surface area contributed by atoms with Crippen LogP contribution in [0.25, 0.3) is 0 Å². The van der Waals surface area contributed by atoms with Crippen LogP contribution in [-0.4, -0.2) is 30.4 Å². The maximum atomic E-state index is 3.58. The maximum absolute atomic E-state index is 3.58. The summed E-state index contributed by atoms with van der Waals surface area (Å²) in [6, 6.07) is 0. The fraction of sp³-hybridized carbons (Fsp3) is 0.850. The minimum absolute atomic E-state index is 1.14. The summed E-state index contributed by atoms with van der Waals surface area (Å²) in [5.41, 5.74) is 1.63. The van der Waals surface area contributed by atoms with Gasteiger partial charge in [-0.05, 0) is 44.7 Å². The Labute approximate surface area is 138 Å². The van der Waals surface area contributed by atoms with Crippen molar-refractivity contribution in [2.45, 2.75) is 89.9 Å². The van der Waals surface area contributed by atoms with E-state index in [2.05, 4.69) is 22.2 Å². The van der Waals surface area contributed by atoms with E-state index >= 15 is 0 Å². The van der Waals surface area contributed by atoms with Crippen LogP contribution in [-0.2, 0) is 0 Å². The van der Waals surface area contributed by atoms with Crippen molar-refractivity contribution in [1.29, 1.82) is 0 Å². The summed E-state index contributed by atoms with van der Waals surface area (Å²) in [5.74, 6) is 0. The average Bonchev–Trinajstić information content (AvgIpc) is 2.64. The van der Waals surface area contributed by atoms with Crippen LogP contribution < -0.4 is 5.32 Å². The predicted molar refractivity (Wildman–Crippen MR) is 96.8 cm³/mol. The fourth-order valence-corrected chi connectivity index (χ4v) is 3.65. The van der Waals surface area contributed by atoms with Crippen LogP contribution in [0.15, 0.2) is 11.8 Å². The largest absolute Gasteiger partial charge is 0.316 e. The normalized spacial score (nSPS) is 29.1. The topological polar surface area (TPSA) is 15.0 Å². The molecule has 2 aliphatic rings. The van der Waals surface area contributed by atoms with E-state index in [1.165, 1.54) is 103 Å². The Morgan fingerprint density at radius 2 is 1.41 bits per heavy atom. The molecule has 0 atom stereocenters. The van der Waals surface area contributed by atoms with Crippen LogP contribution in [0.3, 0.4) is 0 Å². The molecule has 1 aliphatic heterocycles. The summed E-state index contributed by atoms with van der Waals surface area (Å²) in [6.45, 7) is 3.59. The van der Waals surface area contributed by atoms with Gasteiger partial charge in [0.2, 0.25) is 0 Å². The average molecular weight is 306 g/mol. The molecule has 0 aromatic rings. The molecule has 0 aromatic heterocycles. The van der Waals surface area contributed by atoms with Gasteiger partial charge in [0.25, 0.3) is 0 Å². The Balaban J connectivity index is 1.97. The minimum Gasteiger partial charge on any atom is -0.316 e. The van der Waals surface area contributed by atoms with Crippen molar-refractivity contribution in [2.75, 3.05) is 19.6 Å². The molecule has 126 valence electrons. The number of rotatable bonds is 1. The Morgan fingerprint density at radius 3 is 2.32 bits per heavy atom. The van der Waals surface area contributed by atoms with Crippen LogP contribution in [0.4, 0.5) is 0 Å². The molecule has 0 bridgehead atoms. The second kappa shape index (κ2) is 11.9. The van der Waals surface area contributed by atoms with Crippen molar-refractivity contribution in [1.82, 2.24) is 5.32 Å². The summed E-state index contributed by atoms with van der Waals surface area (Å²) >= 11 is 0. The summed E-state index contributed by atoms with van der Waals surface area (Å²) in [5, 5.41) is 3.58. The highest BCUT2D eigenvalue weighted by Crippen LogP contribution is 2.18. The zero-order valence-electron chi connectivity index (χ0n) is 14.6. The molecular weight excluding hydrogens is 268 g/mol. The summed E-state index contributed by atoms with van der Waals surface area (Å²) < 4.78 is 2.62. The van der Waals surface area contributed by atoms with E-state index in [1.54, 1.807) is 5.70 Å². The SMILES string of the molecule is C1=[N+](\C2=C\CCCCCCCCC2)CCCCCCNCC/1. The predicted octanol–water partition coefficient (Wildman–Crippen LogP) is 5.03. The molecule has 1 heterocycles. The molecule has 0 spiro atoms. The first-order valence-electron chi connectivity index (χ1n) is 9.96. The van der Waals surface area contributed by atoms with E-state index in [-0.39, 0.29) is 0 Å². The van der Waals surface area contributed by atoms with Crippen LogP contribution in [0.1, 0.15) is 89.9 Å². The third-order valence-corrected chi connectivity index (χ3v) is 5.06. The third-order valence-electron chi connectivity index (χ3n) is 5.06. The van der Waals surface area contributed by atoms with Gasteiger partial charge in [0.05, 0.1) is 0 Å². The minimum atomic E-state index is 1.14. The summed E-state index contributed by atoms with van der Waals surface area (Å²) in [4.78, 5) is 0. The monoisotopic (exact) mass is 305 g/mol. The van der Waals surface area contributed by atoms with Gasteiger partial charge in [0, 0.05) is 25.8 Å². The van der Waals surface area contributed by atoms with Gasteiger partial charge in [-0.3, -0.25) is 0 Å². The molecule has 2 nitrogen and oxygen atoms in total. The van der Waals surface area contributed by atoms with Gasteiger partial charge in [-0.15, -0.1) is 0 Å². The summed E-state index contributed by atoms with van der Waals surface area (Å²) in [7, 11) is 0. The van der Waals surface area contributed by atoms with Gasteiger partial charge in [-0.25, -0.2) is 4.58 Å². The molecule has 1 N–H and O–H groups in total. The molecule has 0 fully saturated rings. The van der Waals surface area contributed by atoms with Crippen molar-refractivity contribution < 1.29 is 4.58 Å². The first kappa shape index (κ1) is 17.7. The lowest BCUT2D eigenvalue weighted by molar-refractivity contribution is -0.477. The smallest absolute Gasteiger partial charge is 0.176 e. The number of nitrogens with zero attached hydrogens (tertiary/aromatic N) is 1. The van der Waals surface area contributed by atoms with E-state index < -0.39 is 0 Å². The highest BCUT2D eigenvalue weighted by atomic mass is 15.0. The zero-order valence-corrected chi connectivity index (χ0v) is 14.6. The van der Waals surface area contributed by atoms with Gasteiger partial charge in [-0.2, -0.15) is 0 Å². The lowest BCUT2D eigenvalue weighted by Crippen LogP contribution is -2.19. The summed E-state index contributed by atoms with van der Waals surface area (Å²) in [6.07, 6.45) is 24.3. The second-order valence-electron chi connectivity index (χ2n) is 7.04. The second-order valence-corrected chi connectivity index (χ2v) is 7.04. The van der Waals surface area contributed by atoms with E-state index in [0.717, 1.165) is 6.54 Å².